The highest BCUT2D eigenvalue weighted by Crippen LogP contribution is 2.28. The zero-order chi connectivity index (χ0) is 14.7. The smallest absolute Gasteiger partial charge is 0.273 e. The molecular weight excluding hydrogens is 284 g/mol. The lowest BCUT2D eigenvalue weighted by atomic mass is 10.0. The number of aliphatic hydroxyl groups excluding tert-OH is 1. The Morgan fingerprint density at radius 3 is 2.95 bits per heavy atom. The van der Waals surface area contributed by atoms with Crippen LogP contribution in [-0.4, -0.2) is 33.5 Å². The highest BCUT2D eigenvalue weighted by molar-refractivity contribution is 7.07. The van der Waals surface area contributed by atoms with Crippen molar-refractivity contribution >= 4 is 17.2 Å². The Morgan fingerprint density at radius 1 is 1.43 bits per heavy atom. The fourth-order valence-electron chi connectivity index (χ4n) is 2.88. The molecule has 1 aliphatic heterocycles. The number of thiazole rings is 1. The Morgan fingerprint density at radius 2 is 2.24 bits per heavy atom. The molecule has 1 aromatic carbocycles. The number of amides is 1. The largest absolute Gasteiger partial charge is 0.388 e. The summed E-state index contributed by atoms with van der Waals surface area (Å²) in [4.78, 5) is 18.4. The minimum absolute atomic E-state index is 0.0148. The lowest BCUT2D eigenvalue weighted by Crippen LogP contribution is -2.36. The van der Waals surface area contributed by atoms with E-state index in [1.165, 1.54) is 11.3 Å². The number of aromatic nitrogens is 1. The van der Waals surface area contributed by atoms with Crippen molar-refractivity contribution < 1.29 is 9.90 Å². The molecule has 2 aromatic rings. The zero-order valence-electron chi connectivity index (χ0n) is 11.7. The Kier molecular flexibility index (Phi) is 4.31. The Hall–Kier alpha value is -1.72. The molecule has 1 aliphatic rings. The second-order valence-corrected chi connectivity index (χ2v) is 6.05. The number of benzene rings is 1. The van der Waals surface area contributed by atoms with E-state index in [0.717, 1.165) is 24.9 Å². The summed E-state index contributed by atoms with van der Waals surface area (Å²) >= 11 is 1.43. The van der Waals surface area contributed by atoms with E-state index in [4.69, 9.17) is 0 Å². The molecule has 1 aromatic heterocycles. The van der Waals surface area contributed by atoms with E-state index in [1.807, 2.05) is 35.2 Å². The Bertz CT molecular complexity index is 586. The molecule has 2 heterocycles. The van der Waals surface area contributed by atoms with Crippen LogP contribution in [-0.2, 0) is 0 Å². The average molecular weight is 302 g/mol. The summed E-state index contributed by atoms with van der Waals surface area (Å²) in [5.41, 5.74) is 3.10. The molecule has 110 valence electrons. The van der Waals surface area contributed by atoms with Gasteiger partial charge in [-0.15, -0.1) is 11.3 Å². The van der Waals surface area contributed by atoms with Crippen molar-refractivity contribution in [2.75, 3.05) is 6.54 Å². The molecule has 5 heteroatoms. The van der Waals surface area contributed by atoms with Crippen LogP contribution in [0.4, 0.5) is 0 Å². The topological polar surface area (TPSA) is 53.4 Å². The van der Waals surface area contributed by atoms with E-state index in [-0.39, 0.29) is 11.9 Å². The van der Waals surface area contributed by atoms with Gasteiger partial charge in [0.05, 0.1) is 11.6 Å². The standard InChI is InChI=1S/C16H18N2O2S/c19-15(12-5-2-1-3-6-12)9-13-7-4-8-18(13)16(20)14-10-21-11-17-14/h1-3,5-6,10-11,13,15,19H,4,7-9H2. The van der Waals surface area contributed by atoms with Gasteiger partial charge < -0.3 is 10.0 Å². The van der Waals surface area contributed by atoms with Crippen LogP contribution in [0, 0.1) is 0 Å². The van der Waals surface area contributed by atoms with Crippen LogP contribution in [0.15, 0.2) is 41.2 Å². The third-order valence-corrected chi connectivity index (χ3v) is 4.56. The van der Waals surface area contributed by atoms with Crippen LogP contribution in [0.3, 0.4) is 0 Å². The van der Waals surface area contributed by atoms with Gasteiger partial charge in [0.25, 0.3) is 5.91 Å². The van der Waals surface area contributed by atoms with E-state index in [9.17, 15) is 9.90 Å². The Balaban J connectivity index is 1.68. The van der Waals surface area contributed by atoms with Gasteiger partial charge in [-0.05, 0) is 24.8 Å². The predicted molar refractivity (Wildman–Crippen MR) is 82.2 cm³/mol. The molecule has 21 heavy (non-hydrogen) atoms. The van der Waals surface area contributed by atoms with Crippen LogP contribution in [0.2, 0.25) is 0 Å². The van der Waals surface area contributed by atoms with Crippen molar-refractivity contribution in [1.82, 2.24) is 9.88 Å². The molecule has 0 saturated carbocycles. The van der Waals surface area contributed by atoms with E-state index >= 15 is 0 Å². The normalized spacial score (nSPS) is 19.7. The first kappa shape index (κ1) is 14.2. The molecule has 2 unspecified atom stereocenters. The summed E-state index contributed by atoms with van der Waals surface area (Å²) in [6.07, 6.45) is 1.99. The van der Waals surface area contributed by atoms with Gasteiger partial charge in [0.1, 0.15) is 5.69 Å². The van der Waals surface area contributed by atoms with Crippen molar-refractivity contribution in [2.24, 2.45) is 0 Å². The van der Waals surface area contributed by atoms with Crippen molar-refractivity contribution in [1.29, 1.82) is 0 Å². The lowest BCUT2D eigenvalue weighted by Gasteiger charge is -2.26. The number of hydrogen-bond acceptors (Lipinski definition) is 4. The summed E-state index contributed by atoms with van der Waals surface area (Å²) in [6, 6.07) is 9.72. The zero-order valence-corrected chi connectivity index (χ0v) is 12.5. The van der Waals surface area contributed by atoms with Crippen molar-refractivity contribution in [3.8, 4) is 0 Å². The summed E-state index contributed by atoms with van der Waals surface area (Å²) < 4.78 is 0. The van der Waals surface area contributed by atoms with Gasteiger partial charge in [-0.3, -0.25) is 4.79 Å². The molecular formula is C16H18N2O2S. The number of carbonyl (C=O) groups is 1. The fraction of sp³-hybridized carbons (Fsp3) is 0.375. The van der Waals surface area contributed by atoms with Gasteiger partial charge in [-0.25, -0.2) is 4.98 Å². The molecule has 3 rings (SSSR count). The highest BCUT2D eigenvalue weighted by atomic mass is 32.1. The lowest BCUT2D eigenvalue weighted by molar-refractivity contribution is 0.0662. The summed E-state index contributed by atoms with van der Waals surface area (Å²) in [6.45, 7) is 0.753. The number of rotatable bonds is 4. The van der Waals surface area contributed by atoms with Crippen LogP contribution in [0.5, 0.6) is 0 Å². The first-order chi connectivity index (χ1) is 10.3. The molecule has 0 spiro atoms. The van der Waals surface area contributed by atoms with Crippen molar-refractivity contribution in [3.63, 3.8) is 0 Å². The van der Waals surface area contributed by atoms with E-state index in [2.05, 4.69) is 4.98 Å². The van der Waals surface area contributed by atoms with E-state index in [1.54, 1.807) is 10.9 Å². The molecule has 0 bridgehead atoms. The van der Waals surface area contributed by atoms with Crippen molar-refractivity contribution in [2.45, 2.75) is 31.4 Å². The molecule has 0 aliphatic carbocycles. The van der Waals surface area contributed by atoms with E-state index in [0.29, 0.717) is 12.1 Å². The summed E-state index contributed by atoms with van der Waals surface area (Å²) in [5, 5.41) is 12.1. The van der Waals surface area contributed by atoms with Gasteiger partial charge in [0, 0.05) is 18.0 Å². The summed E-state index contributed by atoms with van der Waals surface area (Å²) in [5.74, 6) is -0.0148. The van der Waals surface area contributed by atoms with Crippen molar-refractivity contribution in [3.05, 3.63) is 52.5 Å². The molecule has 1 amide bonds. The summed E-state index contributed by atoms with van der Waals surface area (Å²) in [7, 11) is 0. The minimum Gasteiger partial charge on any atom is -0.388 e. The number of likely N-dealkylation sites (tertiary alicyclic amines) is 1. The predicted octanol–water partition coefficient (Wildman–Crippen LogP) is 2.87. The quantitative estimate of drug-likeness (QED) is 0.945. The molecule has 1 N–H and O–H groups in total. The van der Waals surface area contributed by atoms with Crippen LogP contribution >= 0.6 is 11.3 Å². The SMILES string of the molecule is O=C(c1cscn1)N1CCCC1CC(O)c1ccccc1. The highest BCUT2D eigenvalue weighted by Gasteiger charge is 2.31. The second kappa shape index (κ2) is 6.37. The molecule has 2 atom stereocenters. The van der Waals surface area contributed by atoms with E-state index < -0.39 is 6.10 Å². The number of aliphatic hydroxyl groups is 1. The van der Waals surface area contributed by atoms with Gasteiger partial charge in [-0.1, -0.05) is 30.3 Å². The third-order valence-electron chi connectivity index (χ3n) is 3.97. The first-order valence-electron chi connectivity index (χ1n) is 7.18. The fourth-order valence-corrected chi connectivity index (χ4v) is 3.41. The van der Waals surface area contributed by atoms with Gasteiger partial charge in [0.2, 0.25) is 0 Å². The minimum atomic E-state index is -0.528. The number of hydrogen-bond donors (Lipinski definition) is 1. The maximum Gasteiger partial charge on any atom is 0.273 e. The third kappa shape index (κ3) is 3.14. The number of nitrogens with zero attached hydrogens (tertiary/aromatic N) is 2. The molecule has 1 fully saturated rings. The van der Waals surface area contributed by atoms with Crippen LogP contribution in [0.1, 0.15) is 41.4 Å². The maximum atomic E-state index is 12.4. The molecule has 1 saturated heterocycles. The molecule has 0 radical (unpaired) electrons. The maximum absolute atomic E-state index is 12.4. The van der Waals surface area contributed by atoms with Gasteiger partial charge in [-0.2, -0.15) is 0 Å². The van der Waals surface area contributed by atoms with Gasteiger partial charge in [0.15, 0.2) is 0 Å². The monoisotopic (exact) mass is 302 g/mol. The first-order valence-corrected chi connectivity index (χ1v) is 8.12. The second-order valence-electron chi connectivity index (χ2n) is 5.33. The van der Waals surface area contributed by atoms with Crippen LogP contribution < -0.4 is 0 Å². The average Bonchev–Trinajstić information content (AvgIpc) is 3.19. The number of carbonyl (C=O) groups excluding carboxylic acids is 1. The van der Waals surface area contributed by atoms with Gasteiger partial charge >= 0.3 is 0 Å². The molecule has 4 nitrogen and oxygen atoms in total. The van der Waals surface area contributed by atoms with Crippen LogP contribution in [0.25, 0.3) is 0 Å². The Labute approximate surface area is 128 Å².